The predicted molar refractivity (Wildman–Crippen MR) is 108 cm³/mol. The van der Waals surface area contributed by atoms with Crippen LogP contribution in [0.15, 0.2) is 39.2 Å². The first-order chi connectivity index (χ1) is 13.1. The van der Waals surface area contributed by atoms with Crippen LogP contribution in [0.4, 0.5) is 0 Å². The molecule has 4 heteroatoms. The van der Waals surface area contributed by atoms with E-state index in [0.29, 0.717) is 17.8 Å². The number of esters is 1. The molecule has 0 spiro atoms. The highest BCUT2D eigenvalue weighted by Gasteiger charge is 2.51. The number of furan rings is 1. The molecule has 0 amide bonds. The minimum absolute atomic E-state index is 0.254. The molecule has 6 rings (SSSR count). The summed E-state index contributed by atoms with van der Waals surface area (Å²) in [5.74, 6) is 3.35. The molecule has 4 saturated carbocycles. The Kier molecular flexibility index (Phi) is 4.23. The van der Waals surface area contributed by atoms with E-state index in [-0.39, 0.29) is 5.76 Å². The number of hydrogen-bond acceptors (Lipinski definition) is 3. The van der Waals surface area contributed by atoms with Crippen molar-refractivity contribution in [3.05, 3.63) is 46.1 Å². The Hall–Kier alpha value is -1.55. The first-order valence-electron chi connectivity index (χ1n) is 10.1. The van der Waals surface area contributed by atoms with E-state index in [1.165, 1.54) is 44.1 Å². The summed E-state index contributed by atoms with van der Waals surface area (Å²) in [6, 6.07) is 10.3. The Bertz CT molecular complexity index is 846. The lowest BCUT2D eigenvalue weighted by Crippen LogP contribution is -2.48. The maximum atomic E-state index is 11.9. The van der Waals surface area contributed by atoms with Crippen molar-refractivity contribution in [1.29, 1.82) is 0 Å². The molecule has 142 valence electrons. The summed E-state index contributed by atoms with van der Waals surface area (Å²) in [5, 5.41) is 0. The van der Waals surface area contributed by atoms with E-state index in [4.69, 9.17) is 9.15 Å². The smallest absolute Gasteiger partial charge is 0.374 e. The van der Waals surface area contributed by atoms with E-state index < -0.39 is 5.97 Å². The van der Waals surface area contributed by atoms with Crippen molar-refractivity contribution in [3.8, 4) is 11.3 Å². The van der Waals surface area contributed by atoms with Gasteiger partial charge in [0.1, 0.15) is 5.76 Å². The Morgan fingerprint density at radius 3 is 2.37 bits per heavy atom. The second kappa shape index (κ2) is 6.51. The number of rotatable bonds is 4. The first kappa shape index (κ1) is 17.5. The maximum absolute atomic E-state index is 11.9. The average molecular weight is 429 g/mol. The van der Waals surface area contributed by atoms with Crippen molar-refractivity contribution in [2.45, 2.75) is 50.9 Å². The van der Waals surface area contributed by atoms with Gasteiger partial charge in [-0.15, -0.1) is 0 Å². The molecule has 1 heterocycles. The molecule has 0 atom stereocenters. The van der Waals surface area contributed by atoms with Crippen LogP contribution in [0.25, 0.3) is 11.3 Å². The zero-order valence-electron chi connectivity index (χ0n) is 15.7. The molecule has 4 bridgehead atoms. The molecule has 0 saturated heterocycles. The lowest BCUT2D eigenvalue weighted by molar-refractivity contribution is -0.00520. The molecule has 2 aromatic rings. The van der Waals surface area contributed by atoms with E-state index >= 15 is 0 Å². The van der Waals surface area contributed by atoms with E-state index in [2.05, 4.69) is 34.1 Å². The van der Waals surface area contributed by atoms with Gasteiger partial charge in [-0.25, -0.2) is 4.79 Å². The summed E-state index contributed by atoms with van der Waals surface area (Å²) in [6.45, 7) is 2.14. The van der Waals surface area contributed by atoms with Crippen molar-refractivity contribution < 1.29 is 13.9 Å². The number of hydrogen-bond donors (Lipinski definition) is 0. The van der Waals surface area contributed by atoms with Crippen LogP contribution in [0.2, 0.25) is 0 Å². The average Bonchev–Trinajstić information content (AvgIpc) is 3.10. The summed E-state index contributed by atoms with van der Waals surface area (Å²) in [4.78, 5) is 11.9. The molecular formula is C23H25BrO3. The fourth-order valence-corrected chi connectivity index (χ4v) is 6.88. The molecule has 27 heavy (non-hydrogen) atoms. The van der Waals surface area contributed by atoms with Crippen LogP contribution in [0, 0.1) is 17.8 Å². The number of carbonyl (C=O) groups excluding carboxylic acids is 1. The number of halogens is 1. The van der Waals surface area contributed by atoms with Crippen molar-refractivity contribution in [2.24, 2.45) is 17.8 Å². The number of ether oxygens (including phenoxy) is 1. The molecule has 3 nitrogen and oxygen atoms in total. The molecule has 1 aromatic carbocycles. The topological polar surface area (TPSA) is 39.4 Å². The van der Waals surface area contributed by atoms with Gasteiger partial charge in [-0.05, 0) is 98.4 Å². The van der Waals surface area contributed by atoms with Gasteiger partial charge in [0.05, 0.1) is 6.61 Å². The van der Waals surface area contributed by atoms with Gasteiger partial charge in [-0.3, -0.25) is 0 Å². The van der Waals surface area contributed by atoms with Crippen LogP contribution in [0.1, 0.15) is 61.6 Å². The third-order valence-electron chi connectivity index (χ3n) is 6.97. The molecule has 4 aliphatic carbocycles. The molecule has 4 fully saturated rings. The lowest BCUT2D eigenvalue weighted by atomic mass is 9.48. The maximum Gasteiger partial charge on any atom is 0.374 e. The van der Waals surface area contributed by atoms with Gasteiger partial charge < -0.3 is 9.15 Å². The minimum Gasteiger partial charge on any atom is -0.460 e. The Balaban J connectivity index is 1.44. The third-order valence-corrected chi connectivity index (χ3v) is 7.62. The van der Waals surface area contributed by atoms with Crippen molar-refractivity contribution >= 4 is 21.9 Å². The number of benzene rings is 1. The highest BCUT2D eigenvalue weighted by molar-refractivity contribution is 9.10. The predicted octanol–water partition coefficient (Wildman–Crippen LogP) is 6.35. The molecule has 1 aromatic heterocycles. The number of carbonyl (C=O) groups is 1. The van der Waals surface area contributed by atoms with Gasteiger partial charge in [0.25, 0.3) is 0 Å². The van der Waals surface area contributed by atoms with Gasteiger partial charge in [0.2, 0.25) is 5.76 Å². The summed E-state index contributed by atoms with van der Waals surface area (Å²) < 4.78 is 11.8. The zero-order chi connectivity index (χ0) is 18.6. The van der Waals surface area contributed by atoms with Crippen LogP contribution >= 0.6 is 15.9 Å². The Morgan fingerprint density at radius 2 is 1.78 bits per heavy atom. The SMILES string of the molecule is CCOC(=O)c1ccc(-c2ccc(C34CC5CC(CC(C5)C3)C4)cc2Br)o1. The molecule has 0 unspecified atom stereocenters. The second-order valence-corrected chi connectivity index (χ2v) is 9.63. The van der Waals surface area contributed by atoms with Crippen LogP contribution in [-0.4, -0.2) is 12.6 Å². The normalized spacial score (nSPS) is 31.3. The largest absolute Gasteiger partial charge is 0.460 e. The summed E-state index contributed by atoms with van der Waals surface area (Å²) in [7, 11) is 0. The first-order valence-corrected chi connectivity index (χ1v) is 10.9. The fourth-order valence-electron chi connectivity index (χ4n) is 6.30. The zero-order valence-corrected chi connectivity index (χ0v) is 17.3. The standard InChI is InChI=1S/C23H25BrO3/c1-2-26-22(25)21-6-5-20(27-21)18-4-3-17(10-19(18)24)23-11-14-7-15(12-23)9-16(8-14)13-23/h3-6,10,14-16H,2,7-9,11-13H2,1H3. The highest BCUT2D eigenvalue weighted by atomic mass is 79.9. The van der Waals surface area contributed by atoms with Gasteiger partial charge in [0, 0.05) is 10.0 Å². The van der Waals surface area contributed by atoms with Crippen LogP contribution in [0.3, 0.4) is 0 Å². The Labute approximate surface area is 168 Å². The summed E-state index contributed by atoms with van der Waals surface area (Å²) in [5.41, 5.74) is 2.85. The van der Waals surface area contributed by atoms with Gasteiger partial charge >= 0.3 is 5.97 Å². The van der Waals surface area contributed by atoms with E-state index in [0.717, 1.165) is 27.8 Å². The molecule has 0 aliphatic heterocycles. The van der Waals surface area contributed by atoms with Crippen LogP contribution in [0.5, 0.6) is 0 Å². The fraction of sp³-hybridized carbons (Fsp3) is 0.522. The highest BCUT2D eigenvalue weighted by Crippen LogP contribution is 2.61. The monoisotopic (exact) mass is 428 g/mol. The van der Waals surface area contributed by atoms with Crippen molar-refractivity contribution in [3.63, 3.8) is 0 Å². The summed E-state index contributed by atoms with van der Waals surface area (Å²) >= 11 is 3.76. The molecule has 0 radical (unpaired) electrons. The van der Waals surface area contributed by atoms with E-state index in [1.54, 1.807) is 13.0 Å². The van der Waals surface area contributed by atoms with Crippen LogP contribution < -0.4 is 0 Å². The van der Waals surface area contributed by atoms with Gasteiger partial charge in [-0.1, -0.05) is 22.0 Å². The minimum atomic E-state index is -0.412. The molecule has 0 N–H and O–H groups in total. The lowest BCUT2D eigenvalue weighted by Gasteiger charge is -2.57. The second-order valence-electron chi connectivity index (χ2n) is 8.78. The molecule has 4 aliphatic rings. The van der Waals surface area contributed by atoms with E-state index in [1.807, 2.05) is 6.07 Å². The quantitative estimate of drug-likeness (QED) is 0.532. The molecular weight excluding hydrogens is 404 g/mol. The summed E-state index contributed by atoms with van der Waals surface area (Å²) in [6.07, 6.45) is 8.46. The van der Waals surface area contributed by atoms with E-state index in [9.17, 15) is 4.79 Å². The third kappa shape index (κ3) is 2.97. The van der Waals surface area contributed by atoms with Crippen molar-refractivity contribution in [1.82, 2.24) is 0 Å². The van der Waals surface area contributed by atoms with Crippen LogP contribution in [-0.2, 0) is 10.2 Å². The van der Waals surface area contributed by atoms with Gasteiger partial charge in [-0.2, -0.15) is 0 Å². The van der Waals surface area contributed by atoms with Gasteiger partial charge in [0.15, 0.2) is 0 Å². The van der Waals surface area contributed by atoms with Crippen molar-refractivity contribution in [2.75, 3.05) is 6.61 Å². The Morgan fingerprint density at radius 1 is 1.11 bits per heavy atom.